The van der Waals surface area contributed by atoms with Crippen LogP contribution in [0.5, 0.6) is 0 Å². The maximum atomic E-state index is 5.44. The molecule has 3 nitrogen and oxygen atoms in total. The van der Waals surface area contributed by atoms with Gasteiger partial charge in [-0.25, -0.2) is 0 Å². The molecule has 1 aromatic heterocycles. The number of nitrogens with one attached hydrogen (secondary N) is 1. The summed E-state index contributed by atoms with van der Waals surface area (Å²) in [6, 6.07) is 4.27. The number of dihydropyridines is 1. The Hall–Kier alpha value is -1.61. The van der Waals surface area contributed by atoms with E-state index in [4.69, 9.17) is 4.74 Å². The first kappa shape index (κ1) is 12.4. The van der Waals surface area contributed by atoms with Gasteiger partial charge in [0.1, 0.15) is 0 Å². The first-order valence-corrected chi connectivity index (χ1v) is 7.05. The Bertz CT molecular complexity index is 487. The molecule has 0 bridgehead atoms. The van der Waals surface area contributed by atoms with Gasteiger partial charge in [0.05, 0.1) is 5.69 Å². The van der Waals surface area contributed by atoms with Crippen LogP contribution in [0.1, 0.15) is 30.5 Å². The Balaban J connectivity index is 1.78. The third kappa shape index (κ3) is 3.04. The zero-order valence-electron chi connectivity index (χ0n) is 11.1. The van der Waals surface area contributed by atoms with Crippen molar-refractivity contribution in [2.24, 2.45) is 5.92 Å². The highest BCUT2D eigenvalue weighted by Crippen LogP contribution is 2.26. The van der Waals surface area contributed by atoms with Gasteiger partial charge in [0.2, 0.25) is 0 Å². The molecule has 0 atom stereocenters. The fourth-order valence-corrected chi connectivity index (χ4v) is 2.78. The molecule has 0 aromatic carbocycles. The highest BCUT2D eigenvalue weighted by atomic mass is 16.5. The van der Waals surface area contributed by atoms with E-state index in [2.05, 4.69) is 28.6 Å². The topological polar surface area (TPSA) is 34.2 Å². The quantitative estimate of drug-likeness (QED) is 0.903. The summed E-state index contributed by atoms with van der Waals surface area (Å²) in [7, 11) is 0. The van der Waals surface area contributed by atoms with E-state index in [1.165, 1.54) is 24.0 Å². The van der Waals surface area contributed by atoms with Crippen molar-refractivity contribution in [2.75, 3.05) is 13.2 Å². The smallest absolute Gasteiger partial charge is 0.0711 e. The first-order valence-electron chi connectivity index (χ1n) is 7.05. The summed E-state index contributed by atoms with van der Waals surface area (Å²) < 4.78 is 5.44. The standard InChI is InChI=1S/C16H20N2O/c1-4-15(12-17-7-1)16-14(3-2-8-18-16)11-13-5-9-19-10-6-13/h1-3,7-8,12-13,17H,4-6,9-11H2. The predicted molar refractivity (Wildman–Crippen MR) is 76.4 cm³/mol. The molecule has 2 aliphatic rings. The van der Waals surface area contributed by atoms with Crippen LogP contribution in [-0.2, 0) is 11.2 Å². The van der Waals surface area contributed by atoms with Gasteiger partial charge in [0, 0.05) is 25.6 Å². The van der Waals surface area contributed by atoms with Crippen LogP contribution >= 0.6 is 0 Å². The van der Waals surface area contributed by atoms with Crippen LogP contribution < -0.4 is 5.32 Å². The van der Waals surface area contributed by atoms with Crippen molar-refractivity contribution < 1.29 is 4.74 Å². The Kier molecular flexibility index (Phi) is 3.94. The monoisotopic (exact) mass is 256 g/mol. The molecule has 1 N–H and O–H groups in total. The minimum atomic E-state index is 0.740. The van der Waals surface area contributed by atoms with Gasteiger partial charge in [0.15, 0.2) is 0 Å². The van der Waals surface area contributed by atoms with E-state index in [1.54, 1.807) is 0 Å². The molecule has 2 aliphatic heterocycles. The lowest BCUT2D eigenvalue weighted by molar-refractivity contribution is 0.0665. The molecule has 3 rings (SSSR count). The van der Waals surface area contributed by atoms with Crippen LogP contribution in [0.4, 0.5) is 0 Å². The largest absolute Gasteiger partial charge is 0.381 e. The molecule has 0 radical (unpaired) electrons. The normalized spacial score (nSPS) is 19.9. The van der Waals surface area contributed by atoms with E-state index in [9.17, 15) is 0 Å². The average Bonchev–Trinajstić information content (AvgIpc) is 2.50. The van der Waals surface area contributed by atoms with Crippen molar-refractivity contribution in [3.63, 3.8) is 0 Å². The third-order valence-corrected chi connectivity index (χ3v) is 3.85. The van der Waals surface area contributed by atoms with Crippen molar-refractivity contribution >= 4 is 5.57 Å². The maximum absolute atomic E-state index is 5.44. The summed E-state index contributed by atoms with van der Waals surface area (Å²) in [6.45, 7) is 1.82. The fraction of sp³-hybridized carbons (Fsp3) is 0.438. The molecule has 1 saturated heterocycles. The molecular formula is C16H20N2O. The zero-order chi connectivity index (χ0) is 12.9. The molecule has 0 saturated carbocycles. The summed E-state index contributed by atoms with van der Waals surface area (Å²) in [5.74, 6) is 0.740. The maximum Gasteiger partial charge on any atom is 0.0711 e. The molecule has 3 heterocycles. The van der Waals surface area contributed by atoms with Crippen LogP contribution in [0.2, 0.25) is 0 Å². The van der Waals surface area contributed by atoms with Gasteiger partial charge in [-0.15, -0.1) is 0 Å². The molecule has 3 heteroatoms. The minimum absolute atomic E-state index is 0.740. The van der Waals surface area contributed by atoms with Gasteiger partial charge in [-0.05, 0) is 55.0 Å². The van der Waals surface area contributed by atoms with Gasteiger partial charge in [-0.1, -0.05) is 12.1 Å². The van der Waals surface area contributed by atoms with E-state index < -0.39 is 0 Å². The molecule has 1 fully saturated rings. The fourth-order valence-electron chi connectivity index (χ4n) is 2.78. The van der Waals surface area contributed by atoms with Gasteiger partial charge in [-0.3, -0.25) is 4.98 Å². The van der Waals surface area contributed by atoms with Gasteiger partial charge in [0.25, 0.3) is 0 Å². The Morgan fingerprint density at radius 1 is 1.32 bits per heavy atom. The van der Waals surface area contributed by atoms with E-state index in [1.807, 2.05) is 18.5 Å². The zero-order valence-corrected chi connectivity index (χ0v) is 11.1. The lowest BCUT2D eigenvalue weighted by Crippen LogP contribution is -2.18. The van der Waals surface area contributed by atoms with Crippen LogP contribution in [0, 0.1) is 5.92 Å². The lowest BCUT2D eigenvalue weighted by atomic mass is 9.90. The number of aromatic nitrogens is 1. The molecule has 19 heavy (non-hydrogen) atoms. The van der Waals surface area contributed by atoms with Gasteiger partial charge in [-0.2, -0.15) is 0 Å². The molecule has 0 unspecified atom stereocenters. The van der Waals surface area contributed by atoms with Crippen LogP contribution in [-0.4, -0.2) is 18.2 Å². The molecule has 0 aliphatic carbocycles. The number of hydrogen-bond donors (Lipinski definition) is 1. The first-order chi connectivity index (χ1) is 9.43. The average molecular weight is 256 g/mol. The van der Waals surface area contributed by atoms with Crippen molar-refractivity contribution in [2.45, 2.75) is 25.7 Å². The highest BCUT2D eigenvalue weighted by Gasteiger charge is 2.17. The molecule has 0 spiro atoms. The molecular weight excluding hydrogens is 236 g/mol. The van der Waals surface area contributed by atoms with Gasteiger partial charge < -0.3 is 10.1 Å². The summed E-state index contributed by atoms with van der Waals surface area (Å²) in [5, 5.41) is 3.16. The number of ether oxygens (including phenoxy) is 1. The Morgan fingerprint density at radius 2 is 2.21 bits per heavy atom. The SMILES string of the molecule is C1=CNC=C(c2ncccc2CC2CCOCC2)C1. The summed E-state index contributed by atoms with van der Waals surface area (Å²) in [5.41, 5.74) is 3.81. The second kappa shape index (κ2) is 6.02. The second-order valence-corrected chi connectivity index (χ2v) is 5.21. The summed E-state index contributed by atoms with van der Waals surface area (Å²) in [6.07, 6.45) is 12.5. The summed E-state index contributed by atoms with van der Waals surface area (Å²) >= 11 is 0. The number of pyridine rings is 1. The number of allylic oxidation sites excluding steroid dienone is 2. The van der Waals surface area contributed by atoms with Gasteiger partial charge >= 0.3 is 0 Å². The van der Waals surface area contributed by atoms with E-state index in [0.29, 0.717) is 0 Å². The minimum Gasteiger partial charge on any atom is -0.381 e. The van der Waals surface area contributed by atoms with Crippen LogP contribution in [0.15, 0.2) is 36.8 Å². The van der Waals surface area contributed by atoms with Crippen molar-refractivity contribution in [1.82, 2.24) is 10.3 Å². The molecule has 0 amide bonds. The highest BCUT2D eigenvalue weighted by molar-refractivity contribution is 5.67. The number of rotatable bonds is 3. The Morgan fingerprint density at radius 3 is 3.00 bits per heavy atom. The third-order valence-electron chi connectivity index (χ3n) is 3.85. The summed E-state index contributed by atoms with van der Waals surface area (Å²) in [4.78, 5) is 4.59. The van der Waals surface area contributed by atoms with E-state index in [0.717, 1.165) is 37.7 Å². The molecule has 100 valence electrons. The number of hydrogen-bond acceptors (Lipinski definition) is 3. The number of nitrogens with zero attached hydrogens (tertiary/aromatic N) is 1. The van der Waals surface area contributed by atoms with Crippen molar-refractivity contribution in [3.8, 4) is 0 Å². The Labute approximate surface area is 114 Å². The molecule has 1 aromatic rings. The van der Waals surface area contributed by atoms with Crippen LogP contribution in [0.25, 0.3) is 5.57 Å². The van der Waals surface area contributed by atoms with Crippen LogP contribution in [0.3, 0.4) is 0 Å². The van der Waals surface area contributed by atoms with E-state index >= 15 is 0 Å². The predicted octanol–water partition coefficient (Wildman–Crippen LogP) is 2.90. The lowest BCUT2D eigenvalue weighted by Gasteiger charge is -2.23. The van der Waals surface area contributed by atoms with E-state index in [-0.39, 0.29) is 0 Å². The van der Waals surface area contributed by atoms with Crippen molar-refractivity contribution in [1.29, 1.82) is 0 Å². The second-order valence-electron chi connectivity index (χ2n) is 5.21. The van der Waals surface area contributed by atoms with Crippen molar-refractivity contribution in [3.05, 3.63) is 48.1 Å².